The van der Waals surface area contributed by atoms with Crippen molar-refractivity contribution < 1.29 is 50.1 Å². The molecule has 0 aromatic carbocycles. The van der Waals surface area contributed by atoms with Crippen LogP contribution in [-0.4, -0.2) is 23.0 Å². The van der Waals surface area contributed by atoms with Gasteiger partial charge in [0, 0.05) is 18.4 Å². The summed E-state index contributed by atoms with van der Waals surface area (Å²) in [6, 6.07) is 0. The predicted octanol–water partition coefficient (Wildman–Crippen LogP) is 4.62. The van der Waals surface area contributed by atoms with E-state index in [4.69, 9.17) is 5.11 Å². The van der Waals surface area contributed by atoms with Crippen LogP contribution in [0.15, 0.2) is 0 Å². The Morgan fingerprint density at radius 1 is 0.516 bits per heavy atom. The van der Waals surface area contributed by atoms with Crippen LogP contribution in [-0.2, 0) is 34.8 Å². The second-order valence-corrected chi connectivity index (χ2v) is 7.63. The first-order valence-electron chi connectivity index (χ1n) is 11.9. The van der Waals surface area contributed by atoms with E-state index in [1.54, 1.807) is 0 Å². The van der Waals surface area contributed by atoms with Crippen molar-refractivity contribution >= 4 is 17.9 Å². The van der Waals surface area contributed by atoms with E-state index in [2.05, 4.69) is 20.8 Å². The Bertz CT molecular complexity index is 331. The number of hydrogen-bond acceptors (Lipinski definition) is 5. The van der Waals surface area contributed by atoms with Gasteiger partial charge in [-0.05, 0) is 32.1 Å². The predicted molar refractivity (Wildman–Crippen MR) is 118 cm³/mol. The molecule has 0 aromatic rings. The summed E-state index contributed by atoms with van der Waals surface area (Å²) in [7, 11) is 0. The molecule has 7 heteroatoms. The Labute approximate surface area is 204 Å². The minimum Gasteiger partial charge on any atom is -0.550 e. The SMILES string of the molecule is CCCCCCCC(=O)O.CCCCCCCC(=O)[O-].CCCCCCCC(=O)[O-].[Pd+2]. The molecule has 0 saturated carbocycles. The van der Waals surface area contributed by atoms with E-state index in [9.17, 15) is 24.6 Å². The summed E-state index contributed by atoms with van der Waals surface area (Å²) in [6.07, 6.45) is 17.1. The zero-order valence-electron chi connectivity index (χ0n) is 20.0. The van der Waals surface area contributed by atoms with Crippen LogP contribution in [0.25, 0.3) is 0 Å². The molecule has 6 nitrogen and oxygen atoms in total. The quantitative estimate of drug-likeness (QED) is 0.202. The van der Waals surface area contributed by atoms with Gasteiger partial charge in [0.25, 0.3) is 0 Å². The molecule has 0 amide bonds. The Hall–Kier alpha value is -0.928. The van der Waals surface area contributed by atoms with Crippen molar-refractivity contribution in [2.75, 3.05) is 0 Å². The van der Waals surface area contributed by atoms with Gasteiger partial charge in [0.05, 0.1) is 0 Å². The van der Waals surface area contributed by atoms with E-state index in [-0.39, 0.29) is 33.3 Å². The number of carbonyl (C=O) groups is 3. The summed E-state index contributed by atoms with van der Waals surface area (Å²) in [5.74, 6) is -2.51. The van der Waals surface area contributed by atoms with Gasteiger partial charge < -0.3 is 24.9 Å². The van der Waals surface area contributed by atoms with Crippen molar-refractivity contribution in [3.8, 4) is 0 Å². The van der Waals surface area contributed by atoms with Crippen molar-refractivity contribution in [3.63, 3.8) is 0 Å². The number of carbonyl (C=O) groups excluding carboxylic acids is 2. The largest absolute Gasteiger partial charge is 2.00 e. The fourth-order valence-corrected chi connectivity index (χ4v) is 2.63. The van der Waals surface area contributed by atoms with Crippen LogP contribution < -0.4 is 10.2 Å². The Kier molecular flexibility index (Phi) is 40.7. The maximum Gasteiger partial charge on any atom is 2.00 e. The van der Waals surface area contributed by atoms with Crippen LogP contribution in [0.3, 0.4) is 0 Å². The number of hydrogen-bond donors (Lipinski definition) is 1. The van der Waals surface area contributed by atoms with Gasteiger partial charge in [0.2, 0.25) is 0 Å². The van der Waals surface area contributed by atoms with Gasteiger partial charge in [-0.2, -0.15) is 0 Å². The molecule has 0 spiro atoms. The Morgan fingerprint density at radius 2 is 0.774 bits per heavy atom. The average molecular weight is 537 g/mol. The molecule has 0 aliphatic carbocycles. The zero-order chi connectivity index (χ0) is 23.5. The monoisotopic (exact) mass is 536 g/mol. The summed E-state index contributed by atoms with van der Waals surface area (Å²) >= 11 is 0. The topological polar surface area (TPSA) is 118 Å². The second kappa shape index (κ2) is 33.7. The van der Waals surface area contributed by atoms with Crippen LogP contribution >= 0.6 is 0 Å². The Balaban J connectivity index is -0.000000174. The fourth-order valence-electron chi connectivity index (χ4n) is 2.63. The first-order chi connectivity index (χ1) is 14.3. The van der Waals surface area contributed by atoms with Crippen molar-refractivity contribution in [1.29, 1.82) is 0 Å². The van der Waals surface area contributed by atoms with E-state index in [1.807, 2.05) is 0 Å². The third-order valence-corrected chi connectivity index (χ3v) is 4.46. The molecular weight excluding hydrogens is 491 g/mol. The van der Waals surface area contributed by atoms with Crippen molar-refractivity contribution in [2.45, 2.75) is 136 Å². The van der Waals surface area contributed by atoms with Crippen LogP contribution in [0.2, 0.25) is 0 Å². The molecule has 0 aliphatic rings. The summed E-state index contributed by atoms with van der Waals surface area (Å²) < 4.78 is 0. The molecule has 0 aliphatic heterocycles. The van der Waals surface area contributed by atoms with Crippen molar-refractivity contribution in [1.82, 2.24) is 0 Å². The van der Waals surface area contributed by atoms with Gasteiger partial charge >= 0.3 is 26.4 Å². The van der Waals surface area contributed by atoms with Gasteiger partial charge in [0.1, 0.15) is 0 Å². The first kappa shape index (κ1) is 37.4. The van der Waals surface area contributed by atoms with Crippen LogP contribution in [0, 0.1) is 0 Å². The van der Waals surface area contributed by atoms with Gasteiger partial charge in [-0.15, -0.1) is 0 Å². The maximum atomic E-state index is 10.0. The molecule has 188 valence electrons. The van der Waals surface area contributed by atoms with Crippen LogP contribution in [0.1, 0.15) is 136 Å². The van der Waals surface area contributed by atoms with E-state index < -0.39 is 17.9 Å². The van der Waals surface area contributed by atoms with Crippen molar-refractivity contribution in [2.24, 2.45) is 0 Å². The Morgan fingerprint density at radius 3 is 1.00 bits per heavy atom. The number of carboxylic acids is 3. The van der Waals surface area contributed by atoms with Crippen LogP contribution in [0.4, 0.5) is 0 Å². The molecule has 0 radical (unpaired) electrons. The molecule has 0 heterocycles. The number of carboxylic acid groups (broad SMARTS) is 3. The summed E-state index contributed by atoms with van der Waals surface area (Å²) in [6.45, 7) is 6.43. The van der Waals surface area contributed by atoms with Crippen molar-refractivity contribution in [3.05, 3.63) is 0 Å². The second-order valence-electron chi connectivity index (χ2n) is 7.63. The summed E-state index contributed by atoms with van der Waals surface area (Å²) in [4.78, 5) is 29.9. The number of rotatable bonds is 18. The van der Waals surface area contributed by atoms with E-state index in [0.29, 0.717) is 6.42 Å². The summed E-state index contributed by atoms with van der Waals surface area (Å²) in [5.41, 5.74) is 0. The third kappa shape index (κ3) is 52.9. The molecule has 0 rings (SSSR count). The zero-order valence-corrected chi connectivity index (χ0v) is 21.6. The maximum absolute atomic E-state index is 10.0. The number of aliphatic carboxylic acids is 3. The molecule has 1 N–H and O–H groups in total. The molecule has 0 bridgehead atoms. The first-order valence-corrected chi connectivity index (χ1v) is 11.9. The summed E-state index contributed by atoms with van der Waals surface area (Å²) in [5, 5.41) is 28.1. The van der Waals surface area contributed by atoms with Gasteiger partial charge in [-0.3, -0.25) is 4.79 Å². The molecule has 0 saturated heterocycles. The molecule has 31 heavy (non-hydrogen) atoms. The van der Waals surface area contributed by atoms with Gasteiger partial charge in [-0.25, -0.2) is 0 Å². The smallest absolute Gasteiger partial charge is 0.550 e. The standard InChI is InChI=1S/3C8H16O2.Pd/c3*1-2-3-4-5-6-7-8(9)10;/h3*2-7H2,1H3,(H,9,10);/q;;;+2/p-2. The van der Waals surface area contributed by atoms with E-state index in [1.165, 1.54) is 44.9 Å². The third-order valence-electron chi connectivity index (χ3n) is 4.46. The van der Waals surface area contributed by atoms with E-state index in [0.717, 1.165) is 51.4 Å². The molecular formula is C24H46O6Pd. The molecule has 0 aromatic heterocycles. The average Bonchev–Trinajstić information content (AvgIpc) is 2.68. The van der Waals surface area contributed by atoms with Crippen LogP contribution in [0.5, 0.6) is 0 Å². The molecule has 0 unspecified atom stereocenters. The van der Waals surface area contributed by atoms with Gasteiger partial charge in [-0.1, -0.05) is 97.8 Å². The fraction of sp³-hybridized carbons (Fsp3) is 0.875. The van der Waals surface area contributed by atoms with E-state index >= 15 is 0 Å². The minimum atomic E-state index is -0.920. The number of unbranched alkanes of at least 4 members (excludes halogenated alkanes) is 12. The van der Waals surface area contributed by atoms with Gasteiger partial charge in [0.15, 0.2) is 0 Å². The normalized spacial score (nSPS) is 9.39. The minimum absolute atomic E-state index is 0. The molecule has 0 fully saturated rings. The molecule has 0 atom stereocenters.